The number of fused-ring (bicyclic) bond motifs is 3. The van der Waals surface area contributed by atoms with Gasteiger partial charge in [0.25, 0.3) is 0 Å². The first kappa shape index (κ1) is 11.2. The molecule has 2 aliphatic rings. The van der Waals surface area contributed by atoms with Gasteiger partial charge in [-0.2, -0.15) is 0 Å². The summed E-state index contributed by atoms with van der Waals surface area (Å²) in [6, 6.07) is 9.83. The zero-order valence-corrected chi connectivity index (χ0v) is 11.2. The molecule has 3 heteroatoms. The van der Waals surface area contributed by atoms with Crippen LogP contribution in [0.2, 0.25) is 0 Å². The molecule has 3 atom stereocenters. The number of nitrogens with one attached hydrogen (secondary N) is 1. The highest BCUT2D eigenvalue weighted by Gasteiger charge is 2.39. The van der Waals surface area contributed by atoms with E-state index in [2.05, 4.69) is 35.0 Å². The normalized spacial score (nSPS) is 27.7. The number of halogens is 1. The van der Waals surface area contributed by atoms with Crippen molar-refractivity contribution in [2.45, 2.75) is 18.4 Å². The molecule has 1 aromatic heterocycles. The highest BCUT2D eigenvalue weighted by molar-refractivity contribution is 7.10. The summed E-state index contributed by atoms with van der Waals surface area (Å²) in [6.45, 7) is 0. The number of para-hydroxylation sites is 1. The van der Waals surface area contributed by atoms with Gasteiger partial charge in [-0.15, -0.1) is 11.3 Å². The van der Waals surface area contributed by atoms with Gasteiger partial charge in [0.15, 0.2) is 0 Å². The Morgan fingerprint density at radius 1 is 1.21 bits per heavy atom. The highest BCUT2D eigenvalue weighted by atomic mass is 32.1. The summed E-state index contributed by atoms with van der Waals surface area (Å²) in [4.78, 5) is 1.30. The maximum absolute atomic E-state index is 14.1. The largest absolute Gasteiger partial charge is 0.374 e. The van der Waals surface area contributed by atoms with Gasteiger partial charge in [0, 0.05) is 10.8 Å². The highest BCUT2D eigenvalue weighted by Crippen LogP contribution is 2.50. The maximum atomic E-state index is 14.1. The van der Waals surface area contributed by atoms with E-state index in [0.717, 1.165) is 12.0 Å². The molecule has 0 saturated carbocycles. The smallest absolute Gasteiger partial charge is 0.146 e. The molecule has 96 valence electrons. The number of anilines is 1. The molecule has 2 heterocycles. The van der Waals surface area contributed by atoms with Gasteiger partial charge in [0.1, 0.15) is 5.82 Å². The fourth-order valence-electron chi connectivity index (χ4n) is 3.33. The quantitative estimate of drug-likeness (QED) is 0.740. The van der Waals surface area contributed by atoms with Gasteiger partial charge in [0.05, 0.1) is 11.7 Å². The number of benzene rings is 1. The van der Waals surface area contributed by atoms with Crippen LogP contribution in [0, 0.1) is 11.7 Å². The third-order valence-electron chi connectivity index (χ3n) is 4.20. The Labute approximate surface area is 115 Å². The molecule has 3 unspecified atom stereocenters. The molecular formula is C16H14FNS. The van der Waals surface area contributed by atoms with Crippen LogP contribution in [0.25, 0.3) is 0 Å². The minimum atomic E-state index is -0.141. The summed E-state index contributed by atoms with van der Waals surface area (Å²) in [5, 5.41) is 5.52. The molecule has 1 nitrogen and oxygen atoms in total. The monoisotopic (exact) mass is 271 g/mol. The molecule has 0 amide bonds. The summed E-state index contributed by atoms with van der Waals surface area (Å²) in [7, 11) is 0. The van der Waals surface area contributed by atoms with Crippen molar-refractivity contribution in [2.24, 2.45) is 5.92 Å². The van der Waals surface area contributed by atoms with Crippen LogP contribution >= 0.6 is 11.3 Å². The first-order chi connectivity index (χ1) is 9.34. The van der Waals surface area contributed by atoms with Gasteiger partial charge >= 0.3 is 0 Å². The Morgan fingerprint density at radius 3 is 3.00 bits per heavy atom. The topological polar surface area (TPSA) is 12.0 Å². The summed E-state index contributed by atoms with van der Waals surface area (Å²) in [6.07, 6.45) is 5.54. The summed E-state index contributed by atoms with van der Waals surface area (Å²) < 4.78 is 14.1. The van der Waals surface area contributed by atoms with Crippen LogP contribution < -0.4 is 5.32 Å². The van der Waals surface area contributed by atoms with E-state index in [1.807, 2.05) is 12.1 Å². The number of rotatable bonds is 1. The lowest BCUT2D eigenvalue weighted by Crippen LogP contribution is -2.29. The van der Waals surface area contributed by atoms with Crippen molar-refractivity contribution in [3.8, 4) is 0 Å². The van der Waals surface area contributed by atoms with Crippen molar-refractivity contribution < 1.29 is 4.39 Å². The zero-order valence-electron chi connectivity index (χ0n) is 10.3. The van der Waals surface area contributed by atoms with Crippen molar-refractivity contribution in [1.29, 1.82) is 0 Å². The van der Waals surface area contributed by atoms with Crippen LogP contribution in [0.1, 0.15) is 28.8 Å². The number of hydrogen-bond donors (Lipinski definition) is 1. The van der Waals surface area contributed by atoms with Gasteiger partial charge in [-0.05, 0) is 35.4 Å². The van der Waals surface area contributed by atoms with E-state index in [1.54, 1.807) is 11.3 Å². The third kappa shape index (κ3) is 1.65. The molecule has 0 spiro atoms. The minimum absolute atomic E-state index is 0.141. The fraction of sp³-hybridized carbons (Fsp3) is 0.250. The standard InChI is InChI=1S/C16H14FNS/c17-13-7-2-6-11-10-4-1-5-12(10)16(18-15(11)13)14-8-3-9-19-14/h1-4,6-10,12,16,18H,5H2. The van der Waals surface area contributed by atoms with Crippen molar-refractivity contribution in [2.75, 3.05) is 5.32 Å². The van der Waals surface area contributed by atoms with E-state index >= 15 is 0 Å². The molecule has 0 fully saturated rings. The molecule has 0 saturated heterocycles. The van der Waals surface area contributed by atoms with Crippen LogP contribution in [0.15, 0.2) is 47.9 Å². The van der Waals surface area contributed by atoms with Crippen molar-refractivity contribution in [1.82, 2.24) is 0 Å². The maximum Gasteiger partial charge on any atom is 0.146 e. The number of thiophene rings is 1. The number of allylic oxidation sites excluding steroid dienone is 2. The van der Waals surface area contributed by atoms with E-state index in [-0.39, 0.29) is 11.9 Å². The Kier molecular flexibility index (Phi) is 2.49. The van der Waals surface area contributed by atoms with Crippen molar-refractivity contribution in [3.05, 3.63) is 64.1 Å². The zero-order chi connectivity index (χ0) is 12.8. The average molecular weight is 271 g/mol. The van der Waals surface area contributed by atoms with E-state index in [0.29, 0.717) is 17.5 Å². The lowest BCUT2D eigenvalue weighted by molar-refractivity contribution is 0.425. The van der Waals surface area contributed by atoms with Gasteiger partial charge in [-0.1, -0.05) is 30.4 Å². The molecule has 2 aromatic rings. The summed E-state index contributed by atoms with van der Waals surface area (Å²) >= 11 is 1.75. The van der Waals surface area contributed by atoms with E-state index < -0.39 is 0 Å². The molecule has 4 rings (SSSR count). The molecule has 19 heavy (non-hydrogen) atoms. The molecule has 1 aliphatic heterocycles. The van der Waals surface area contributed by atoms with Crippen LogP contribution in [0.3, 0.4) is 0 Å². The lowest BCUT2D eigenvalue weighted by atomic mass is 9.79. The number of hydrogen-bond acceptors (Lipinski definition) is 2. The third-order valence-corrected chi connectivity index (χ3v) is 5.15. The van der Waals surface area contributed by atoms with Gasteiger partial charge in [-0.3, -0.25) is 0 Å². The van der Waals surface area contributed by atoms with Crippen LogP contribution in [-0.4, -0.2) is 0 Å². The van der Waals surface area contributed by atoms with E-state index in [9.17, 15) is 4.39 Å². The second-order valence-electron chi connectivity index (χ2n) is 5.19. The first-order valence-electron chi connectivity index (χ1n) is 6.59. The van der Waals surface area contributed by atoms with Gasteiger partial charge in [0.2, 0.25) is 0 Å². The Balaban J connectivity index is 1.85. The van der Waals surface area contributed by atoms with E-state index in [1.165, 1.54) is 10.9 Å². The Bertz CT molecular complexity index is 632. The molecule has 1 N–H and O–H groups in total. The first-order valence-corrected chi connectivity index (χ1v) is 7.47. The van der Waals surface area contributed by atoms with Gasteiger partial charge < -0.3 is 5.32 Å². The predicted molar refractivity (Wildman–Crippen MR) is 77.1 cm³/mol. The SMILES string of the molecule is Fc1cccc2c1NC(c1cccs1)C1CC=CC21. The minimum Gasteiger partial charge on any atom is -0.374 e. The molecule has 0 bridgehead atoms. The van der Waals surface area contributed by atoms with Gasteiger partial charge in [-0.25, -0.2) is 4.39 Å². The average Bonchev–Trinajstić information content (AvgIpc) is 3.10. The molecule has 0 radical (unpaired) electrons. The Morgan fingerprint density at radius 2 is 2.16 bits per heavy atom. The Hall–Kier alpha value is -1.61. The van der Waals surface area contributed by atoms with E-state index in [4.69, 9.17) is 0 Å². The second kappa shape index (κ2) is 4.20. The fourth-order valence-corrected chi connectivity index (χ4v) is 4.18. The summed E-state index contributed by atoms with van der Waals surface area (Å²) in [5.74, 6) is 0.713. The van der Waals surface area contributed by atoms with Crippen molar-refractivity contribution in [3.63, 3.8) is 0 Å². The second-order valence-corrected chi connectivity index (χ2v) is 6.17. The van der Waals surface area contributed by atoms with Crippen LogP contribution in [-0.2, 0) is 0 Å². The van der Waals surface area contributed by atoms with Crippen molar-refractivity contribution >= 4 is 17.0 Å². The lowest BCUT2D eigenvalue weighted by Gasteiger charge is -2.36. The molecule has 1 aromatic carbocycles. The van der Waals surface area contributed by atoms with Crippen LogP contribution in [0.4, 0.5) is 10.1 Å². The molecule has 1 aliphatic carbocycles. The summed E-state index contributed by atoms with van der Waals surface area (Å²) in [5.41, 5.74) is 1.79. The molecular weight excluding hydrogens is 257 g/mol. The van der Waals surface area contributed by atoms with Crippen LogP contribution in [0.5, 0.6) is 0 Å². The predicted octanol–water partition coefficient (Wildman–Crippen LogP) is 4.71.